The number of benzene rings is 1. The van der Waals surface area contributed by atoms with E-state index >= 15 is 0 Å². The first kappa shape index (κ1) is 14.2. The Bertz CT molecular complexity index is 840. The van der Waals surface area contributed by atoms with Gasteiger partial charge in [0.2, 0.25) is 0 Å². The van der Waals surface area contributed by atoms with Gasteiger partial charge in [-0.1, -0.05) is 0 Å². The number of hydrogen-bond acceptors (Lipinski definition) is 3. The molecule has 0 fully saturated rings. The second-order valence-electron chi connectivity index (χ2n) is 4.44. The van der Waals surface area contributed by atoms with Crippen LogP contribution in [0, 0.1) is 11.6 Å². The molecule has 0 aliphatic carbocycles. The molecule has 2 aromatic heterocycles. The number of aromatic nitrogens is 3. The monoisotopic (exact) mass is 314 g/mol. The number of fused-ring (bicyclic) bond motifs is 1. The van der Waals surface area contributed by atoms with Crippen molar-refractivity contribution in [2.45, 2.75) is 6.18 Å². The number of hydrogen-bond donors (Lipinski definition) is 2. The average Bonchev–Trinajstić information content (AvgIpc) is 2.84. The van der Waals surface area contributed by atoms with Gasteiger partial charge in [-0.3, -0.25) is 10.1 Å². The van der Waals surface area contributed by atoms with Crippen LogP contribution in [0.1, 0.15) is 5.69 Å². The Morgan fingerprint density at radius 2 is 1.82 bits per heavy atom. The van der Waals surface area contributed by atoms with Crippen molar-refractivity contribution in [3.8, 4) is 0 Å². The molecule has 3 aromatic rings. The van der Waals surface area contributed by atoms with E-state index in [-0.39, 0.29) is 22.4 Å². The SMILES string of the molecule is Fc1ccc(Nc2n[nH]c3cc(C(F)(F)F)ncc23)cc1F. The molecule has 2 N–H and O–H groups in total. The Hall–Kier alpha value is -2.71. The fourth-order valence-corrected chi connectivity index (χ4v) is 1.87. The summed E-state index contributed by atoms with van der Waals surface area (Å²) < 4.78 is 63.7. The van der Waals surface area contributed by atoms with Gasteiger partial charge in [0.15, 0.2) is 17.5 Å². The molecule has 0 amide bonds. The highest BCUT2D eigenvalue weighted by atomic mass is 19.4. The average molecular weight is 314 g/mol. The lowest BCUT2D eigenvalue weighted by atomic mass is 10.2. The van der Waals surface area contributed by atoms with E-state index < -0.39 is 23.5 Å². The molecule has 1 aromatic carbocycles. The third-order valence-electron chi connectivity index (χ3n) is 2.92. The van der Waals surface area contributed by atoms with Crippen molar-refractivity contribution in [3.63, 3.8) is 0 Å². The number of nitrogens with one attached hydrogen (secondary N) is 2. The number of pyridine rings is 1. The molecule has 0 spiro atoms. The summed E-state index contributed by atoms with van der Waals surface area (Å²) in [7, 11) is 0. The summed E-state index contributed by atoms with van der Waals surface area (Å²) in [6.07, 6.45) is -3.56. The molecule has 0 bridgehead atoms. The van der Waals surface area contributed by atoms with Crippen molar-refractivity contribution in [3.05, 3.63) is 47.8 Å². The predicted molar refractivity (Wildman–Crippen MR) is 68.5 cm³/mol. The molecule has 4 nitrogen and oxygen atoms in total. The van der Waals surface area contributed by atoms with Crippen LogP contribution in [0.5, 0.6) is 0 Å². The number of aromatic amines is 1. The lowest BCUT2D eigenvalue weighted by molar-refractivity contribution is -0.141. The van der Waals surface area contributed by atoms with Crippen LogP contribution in [0.15, 0.2) is 30.5 Å². The summed E-state index contributed by atoms with van der Waals surface area (Å²) in [5, 5.41) is 9.21. The highest BCUT2D eigenvalue weighted by Gasteiger charge is 2.32. The molecule has 0 aliphatic heterocycles. The quantitative estimate of drug-likeness (QED) is 0.703. The smallest absolute Gasteiger partial charge is 0.338 e. The first-order valence-electron chi connectivity index (χ1n) is 5.98. The minimum absolute atomic E-state index is 0.118. The molecule has 0 aliphatic rings. The molecule has 22 heavy (non-hydrogen) atoms. The van der Waals surface area contributed by atoms with Gasteiger partial charge in [-0.05, 0) is 18.2 Å². The lowest BCUT2D eigenvalue weighted by Gasteiger charge is -2.06. The number of rotatable bonds is 2. The third kappa shape index (κ3) is 2.57. The van der Waals surface area contributed by atoms with Gasteiger partial charge in [0.05, 0.1) is 10.9 Å². The number of alkyl halides is 3. The van der Waals surface area contributed by atoms with Crippen molar-refractivity contribution in [2.75, 3.05) is 5.32 Å². The van der Waals surface area contributed by atoms with Crippen molar-refractivity contribution in [1.29, 1.82) is 0 Å². The summed E-state index contributed by atoms with van der Waals surface area (Å²) >= 11 is 0. The van der Waals surface area contributed by atoms with Crippen molar-refractivity contribution >= 4 is 22.4 Å². The molecule has 114 valence electrons. The second-order valence-corrected chi connectivity index (χ2v) is 4.44. The van der Waals surface area contributed by atoms with E-state index in [1.165, 1.54) is 6.07 Å². The topological polar surface area (TPSA) is 53.6 Å². The fourth-order valence-electron chi connectivity index (χ4n) is 1.87. The molecule has 0 saturated carbocycles. The Morgan fingerprint density at radius 1 is 1.05 bits per heavy atom. The van der Waals surface area contributed by atoms with E-state index in [0.717, 1.165) is 24.4 Å². The Labute approximate surface area is 120 Å². The van der Waals surface area contributed by atoms with Crippen molar-refractivity contribution in [2.24, 2.45) is 0 Å². The summed E-state index contributed by atoms with van der Waals surface area (Å²) in [6.45, 7) is 0. The third-order valence-corrected chi connectivity index (χ3v) is 2.92. The van der Waals surface area contributed by atoms with Gasteiger partial charge < -0.3 is 5.32 Å². The standard InChI is InChI=1S/C13H7F5N4/c14-8-2-1-6(3-9(8)15)20-12-7-5-19-11(13(16,17)18)4-10(7)21-22-12/h1-5H,(H2,20,21,22). The molecule has 0 unspecified atom stereocenters. The molecule has 0 radical (unpaired) electrons. The first-order valence-corrected chi connectivity index (χ1v) is 5.98. The highest BCUT2D eigenvalue weighted by molar-refractivity contribution is 5.90. The maximum absolute atomic E-state index is 13.1. The number of nitrogens with zero attached hydrogens (tertiary/aromatic N) is 2. The fraction of sp³-hybridized carbons (Fsp3) is 0.0769. The van der Waals surface area contributed by atoms with Crippen molar-refractivity contribution in [1.82, 2.24) is 15.2 Å². The molecule has 9 heteroatoms. The van der Waals surface area contributed by atoms with E-state index in [9.17, 15) is 22.0 Å². The molecular formula is C13H7F5N4. The number of anilines is 2. The minimum atomic E-state index is -4.56. The normalized spacial score (nSPS) is 11.9. The van der Waals surface area contributed by atoms with Crippen LogP contribution in [0.3, 0.4) is 0 Å². The van der Waals surface area contributed by atoms with Gasteiger partial charge in [-0.25, -0.2) is 8.78 Å². The number of H-pyrrole nitrogens is 1. The van der Waals surface area contributed by atoms with Crippen LogP contribution >= 0.6 is 0 Å². The maximum Gasteiger partial charge on any atom is 0.433 e. The highest BCUT2D eigenvalue weighted by Crippen LogP contribution is 2.31. The molecule has 0 atom stereocenters. The number of halogens is 5. The Kier molecular flexibility index (Phi) is 3.19. The zero-order valence-corrected chi connectivity index (χ0v) is 10.7. The van der Waals surface area contributed by atoms with Crippen LogP contribution in [0.25, 0.3) is 10.9 Å². The first-order chi connectivity index (χ1) is 10.3. The van der Waals surface area contributed by atoms with Gasteiger partial charge in [0.25, 0.3) is 0 Å². The van der Waals surface area contributed by atoms with Crippen LogP contribution in [-0.4, -0.2) is 15.2 Å². The van der Waals surface area contributed by atoms with E-state index in [1.807, 2.05) is 0 Å². The molecule has 2 heterocycles. The van der Waals surface area contributed by atoms with E-state index in [2.05, 4.69) is 20.5 Å². The summed E-state index contributed by atoms with van der Waals surface area (Å²) in [4.78, 5) is 3.33. The summed E-state index contributed by atoms with van der Waals surface area (Å²) in [5.74, 6) is -1.90. The minimum Gasteiger partial charge on any atom is -0.338 e. The maximum atomic E-state index is 13.1. The van der Waals surface area contributed by atoms with E-state index in [1.54, 1.807) is 0 Å². The van der Waals surface area contributed by atoms with Crippen LogP contribution in [0.2, 0.25) is 0 Å². The summed E-state index contributed by atoms with van der Waals surface area (Å²) in [5.41, 5.74) is -0.734. The zero-order chi connectivity index (χ0) is 15.9. The zero-order valence-electron chi connectivity index (χ0n) is 10.7. The van der Waals surface area contributed by atoms with E-state index in [0.29, 0.717) is 0 Å². The molecule has 0 saturated heterocycles. The van der Waals surface area contributed by atoms with Gasteiger partial charge in [-0.2, -0.15) is 18.3 Å². The largest absolute Gasteiger partial charge is 0.433 e. The Morgan fingerprint density at radius 3 is 2.50 bits per heavy atom. The van der Waals surface area contributed by atoms with Gasteiger partial charge in [0.1, 0.15) is 5.69 Å². The molecule has 3 rings (SSSR count). The van der Waals surface area contributed by atoms with Gasteiger partial charge in [-0.15, -0.1) is 0 Å². The van der Waals surface area contributed by atoms with Crippen LogP contribution < -0.4 is 5.32 Å². The predicted octanol–water partition coefficient (Wildman–Crippen LogP) is 4.00. The summed E-state index contributed by atoms with van der Waals surface area (Å²) in [6, 6.07) is 3.93. The van der Waals surface area contributed by atoms with Crippen LogP contribution in [0.4, 0.5) is 33.5 Å². The Balaban J connectivity index is 1.96. The second kappa shape index (κ2) is 4.93. The lowest BCUT2D eigenvalue weighted by Crippen LogP contribution is -2.07. The molecular weight excluding hydrogens is 307 g/mol. The van der Waals surface area contributed by atoms with Crippen LogP contribution in [-0.2, 0) is 6.18 Å². The van der Waals surface area contributed by atoms with Gasteiger partial charge in [0, 0.05) is 18.0 Å². The van der Waals surface area contributed by atoms with Gasteiger partial charge >= 0.3 is 6.18 Å². The van der Waals surface area contributed by atoms with E-state index in [4.69, 9.17) is 0 Å². The van der Waals surface area contributed by atoms with Crippen molar-refractivity contribution < 1.29 is 22.0 Å².